The van der Waals surface area contributed by atoms with Crippen molar-refractivity contribution in [2.24, 2.45) is 9.98 Å². The Kier molecular flexibility index (Phi) is 3.63. The number of hydrogen-bond acceptors (Lipinski definition) is 4. The van der Waals surface area contributed by atoms with Crippen LogP contribution in [0.5, 0.6) is 0 Å². The highest BCUT2D eigenvalue weighted by atomic mass is 16.1. The van der Waals surface area contributed by atoms with Crippen LogP contribution in [0, 0.1) is 6.92 Å². The number of aryl methyl sites for hydroxylation is 1. The van der Waals surface area contributed by atoms with Crippen molar-refractivity contribution in [2.75, 3.05) is 0 Å². The van der Waals surface area contributed by atoms with Crippen LogP contribution >= 0.6 is 0 Å². The molecule has 0 atom stereocenters. The van der Waals surface area contributed by atoms with Crippen LogP contribution in [0.2, 0.25) is 0 Å². The van der Waals surface area contributed by atoms with Crippen molar-refractivity contribution in [3.05, 3.63) is 29.3 Å². The summed E-state index contributed by atoms with van der Waals surface area (Å²) in [6.45, 7) is 1.86. The molecule has 0 heterocycles. The van der Waals surface area contributed by atoms with Gasteiger partial charge in [-0.25, -0.2) is 9.59 Å². The fourth-order valence-corrected chi connectivity index (χ4v) is 2.17. The molecule has 1 aliphatic carbocycles. The molecule has 0 N–H and O–H groups in total. The van der Waals surface area contributed by atoms with Crippen LogP contribution in [0.15, 0.2) is 28.2 Å². The second kappa shape index (κ2) is 5.37. The molecule has 1 aromatic carbocycles. The van der Waals surface area contributed by atoms with Gasteiger partial charge in [-0.05, 0) is 49.5 Å². The van der Waals surface area contributed by atoms with Crippen LogP contribution in [-0.4, -0.2) is 12.2 Å². The monoisotopic (exact) mass is 240 g/mol. The third kappa shape index (κ3) is 2.35. The number of hydrogen-bond donors (Lipinski definition) is 0. The number of aliphatic imine (C=N–C) groups is 2. The minimum absolute atomic E-state index is 0.487. The lowest BCUT2D eigenvalue weighted by atomic mass is 10.00. The second-order valence-electron chi connectivity index (χ2n) is 4.18. The fraction of sp³-hybridized carbons (Fsp3) is 0.286. The minimum atomic E-state index is 0.487. The molecule has 1 aliphatic rings. The molecule has 90 valence electrons. The highest BCUT2D eigenvalue weighted by molar-refractivity contribution is 5.80. The third-order valence-electron chi connectivity index (χ3n) is 3.03. The van der Waals surface area contributed by atoms with E-state index in [0.29, 0.717) is 11.4 Å². The molecule has 0 bridgehead atoms. The van der Waals surface area contributed by atoms with Gasteiger partial charge in [0.2, 0.25) is 12.2 Å². The van der Waals surface area contributed by atoms with E-state index in [0.717, 1.165) is 30.4 Å². The Morgan fingerprint density at radius 2 is 1.83 bits per heavy atom. The zero-order valence-electron chi connectivity index (χ0n) is 10.1. The summed E-state index contributed by atoms with van der Waals surface area (Å²) in [5, 5.41) is 0. The van der Waals surface area contributed by atoms with Gasteiger partial charge in [-0.15, -0.1) is 0 Å². The summed E-state index contributed by atoms with van der Waals surface area (Å²) in [4.78, 5) is 28.1. The van der Waals surface area contributed by atoms with Gasteiger partial charge in [0.15, 0.2) is 0 Å². The minimum Gasteiger partial charge on any atom is -0.211 e. The van der Waals surface area contributed by atoms with E-state index >= 15 is 0 Å². The van der Waals surface area contributed by atoms with Crippen LogP contribution in [-0.2, 0) is 9.59 Å². The Morgan fingerprint density at radius 1 is 1.11 bits per heavy atom. The van der Waals surface area contributed by atoms with E-state index in [1.807, 2.05) is 13.0 Å². The van der Waals surface area contributed by atoms with E-state index in [9.17, 15) is 9.59 Å². The fourth-order valence-electron chi connectivity index (χ4n) is 2.17. The van der Waals surface area contributed by atoms with Gasteiger partial charge in [-0.3, -0.25) is 0 Å². The molecule has 2 rings (SSSR count). The molecule has 0 amide bonds. The van der Waals surface area contributed by atoms with Gasteiger partial charge in [-0.1, -0.05) is 6.08 Å². The molecular formula is C14H12N2O2. The first-order valence-electron chi connectivity index (χ1n) is 5.76. The van der Waals surface area contributed by atoms with E-state index in [-0.39, 0.29) is 0 Å². The first-order valence-corrected chi connectivity index (χ1v) is 5.76. The summed E-state index contributed by atoms with van der Waals surface area (Å²) in [7, 11) is 0. The van der Waals surface area contributed by atoms with Crippen LogP contribution in [0.25, 0.3) is 5.57 Å². The zero-order chi connectivity index (χ0) is 13.0. The molecule has 0 saturated carbocycles. The maximum absolute atomic E-state index is 10.5. The average molecular weight is 240 g/mol. The van der Waals surface area contributed by atoms with E-state index in [1.165, 1.54) is 11.7 Å². The largest absolute Gasteiger partial charge is 0.240 e. The molecule has 18 heavy (non-hydrogen) atoms. The Bertz CT molecular complexity index is 604. The molecule has 0 saturated heterocycles. The normalized spacial score (nSPS) is 13.5. The van der Waals surface area contributed by atoms with E-state index in [4.69, 9.17) is 0 Å². The van der Waals surface area contributed by atoms with Gasteiger partial charge < -0.3 is 0 Å². The first kappa shape index (κ1) is 12.2. The van der Waals surface area contributed by atoms with E-state index < -0.39 is 0 Å². The Morgan fingerprint density at radius 3 is 2.44 bits per heavy atom. The predicted molar refractivity (Wildman–Crippen MR) is 68.6 cm³/mol. The Hall–Kier alpha value is -2.28. The maximum Gasteiger partial charge on any atom is 0.240 e. The van der Waals surface area contributed by atoms with Crippen molar-refractivity contribution in [3.8, 4) is 0 Å². The van der Waals surface area contributed by atoms with Crippen molar-refractivity contribution >= 4 is 29.1 Å². The lowest BCUT2D eigenvalue weighted by molar-refractivity contribution is 0.565. The topological polar surface area (TPSA) is 58.9 Å². The lowest BCUT2D eigenvalue weighted by Crippen LogP contribution is -1.86. The van der Waals surface area contributed by atoms with E-state index in [2.05, 4.69) is 16.1 Å². The number of benzene rings is 1. The zero-order valence-corrected chi connectivity index (χ0v) is 10.1. The van der Waals surface area contributed by atoms with E-state index in [1.54, 1.807) is 12.1 Å². The molecule has 0 unspecified atom stereocenters. The predicted octanol–water partition coefficient (Wildman–Crippen LogP) is 3.50. The first-order chi connectivity index (χ1) is 8.76. The highest BCUT2D eigenvalue weighted by Gasteiger charge is 2.13. The average Bonchev–Trinajstić information content (AvgIpc) is 2.87. The maximum atomic E-state index is 10.5. The van der Waals surface area contributed by atoms with Gasteiger partial charge in [0, 0.05) is 5.56 Å². The number of isocyanates is 2. The van der Waals surface area contributed by atoms with Gasteiger partial charge in [-0.2, -0.15) is 9.98 Å². The number of allylic oxidation sites excluding steroid dienone is 2. The summed E-state index contributed by atoms with van der Waals surface area (Å²) in [6, 6.07) is 3.53. The van der Waals surface area contributed by atoms with Crippen molar-refractivity contribution in [1.82, 2.24) is 0 Å². The summed E-state index contributed by atoms with van der Waals surface area (Å²) >= 11 is 0. The van der Waals surface area contributed by atoms with Gasteiger partial charge in [0.05, 0.1) is 11.4 Å². The van der Waals surface area contributed by atoms with Crippen LogP contribution in [0.3, 0.4) is 0 Å². The van der Waals surface area contributed by atoms with Crippen LogP contribution < -0.4 is 0 Å². The Labute approximate surface area is 105 Å². The molecule has 1 aromatic rings. The van der Waals surface area contributed by atoms with Gasteiger partial charge in [0.1, 0.15) is 0 Å². The molecule has 0 radical (unpaired) electrons. The van der Waals surface area contributed by atoms with Crippen LogP contribution in [0.4, 0.5) is 11.4 Å². The highest BCUT2D eigenvalue weighted by Crippen LogP contribution is 2.37. The number of nitrogens with zero attached hydrogens (tertiary/aromatic N) is 2. The Balaban J connectivity index is 2.61. The number of rotatable bonds is 3. The molecule has 0 aliphatic heterocycles. The number of carbonyl (C=O) groups excluding carboxylic acids is 2. The SMILES string of the molecule is Cc1cc(C2=CCCC2)c(N=C=O)cc1N=C=O. The summed E-state index contributed by atoms with van der Waals surface area (Å²) < 4.78 is 0. The third-order valence-corrected chi connectivity index (χ3v) is 3.03. The molecule has 4 nitrogen and oxygen atoms in total. The summed E-state index contributed by atoms with van der Waals surface area (Å²) in [5.74, 6) is 0. The van der Waals surface area contributed by atoms with Crippen molar-refractivity contribution in [3.63, 3.8) is 0 Å². The molecule has 0 fully saturated rings. The van der Waals surface area contributed by atoms with Crippen LogP contribution in [0.1, 0.15) is 30.4 Å². The quantitative estimate of drug-likeness (QED) is 0.599. The van der Waals surface area contributed by atoms with Crippen molar-refractivity contribution in [2.45, 2.75) is 26.2 Å². The smallest absolute Gasteiger partial charge is 0.211 e. The second-order valence-corrected chi connectivity index (χ2v) is 4.18. The summed E-state index contributed by atoms with van der Waals surface area (Å²) in [6.07, 6.45) is 8.35. The summed E-state index contributed by atoms with van der Waals surface area (Å²) in [5.41, 5.74) is 3.98. The van der Waals surface area contributed by atoms with Gasteiger partial charge in [0.25, 0.3) is 0 Å². The molecule has 0 aromatic heterocycles. The molecule has 0 spiro atoms. The van der Waals surface area contributed by atoms with Crippen molar-refractivity contribution < 1.29 is 9.59 Å². The lowest BCUT2D eigenvalue weighted by Gasteiger charge is -2.09. The molecule has 4 heteroatoms. The standard InChI is InChI=1S/C14H12N2O2/c1-10-6-12(11-4-2-3-5-11)14(16-9-18)7-13(10)15-8-17/h4,6-7H,2-3,5H2,1H3. The van der Waals surface area contributed by atoms with Gasteiger partial charge >= 0.3 is 0 Å². The van der Waals surface area contributed by atoms with Crippen molar-refractivity contribution in [1.29, 1.82) is 0 Å². The molecular weight excluding hydrogens is 228 g/mol.